The number of carbonyl (C=O) groups excluding carboxylic acids is 1. The van der Waals surface area contributed by atoms with Gasteiger partial charge in [-0.1, -0.05) is 12.1 Å². The molecule has 1 fully saturated rings. The molecule has 1 aromatic heterocycles. The van der Waals surface area contributed by atoms with E-state index in [0.717, 1.165) is 22.9 Å². The van der Waals surface area contributed by atoms with Gasteiger partial charge in [0.2, 0.25) is 5.91 Å². The lowest BCUT2D eigenvalue weighted by atomic mass is 10.1. The molecule has 0 spiro atoms. The summed E-state index contributed by atoms with van der Waals surface area (Å²) in [5.74, 6) is -1.01. The Hall–Kier alpha value is -2.52. The van der Waals surface area contributed by atoms with Crippen molar-refractivity contribution < 1.29 is 31.1 Å². The number of anilines is 1. The van der Waals surface area contributed by atoms with Crippen molar-refractivity contribution in [3.05, 3.63) is 47.3 Å². The Kier molecular flexibility index (Phi) is 4.45. The predicted octanol–water partition coefficient (Wildman–Crippen LogP) is 4.44. The van der Waals surface area contributed by atoms with E-state index in [-0.39, 0.29) is 11.6 Å². The van der Waals surface area contributed by atoms with E-state index in [1.54, 1.807) is 0 Å². The third-order valence-electron chi connectivity index (χ3n) is 3.90. The number of nitrogens with zero attached hydrogens (tertiary/aromatic N) is 2. The second-order valence-electron chi connectivity index (χ2n) is 5.98. The summed E-state index contributed by atoms with van der Waals surface area (Å²) >= 11 is 0. The summed E-state index contributed by atoms with van der Waals surface area (Å²) in [5.41, 5.74) is -2.35. The maximum Gasteiger partial charge on any atom is 0.435 e. The quantitative estimate of drug-likeness (QED) is 0.801. The van der Waals surface area contributed by atoms with Gasteiger partial charge < -0.3 is 5.32 Å². The number of hydrogen-bond donors (Lipinski definition) is 1. The smallest absolute Gasteiger partial charge is 0.324 e. The molecule has 10 heteroatoms. The van der Waals surface area contributed by atoms with Crippen molar-refractivity contribution in [2.75, 3.05) is 5.32 Å². The fourth-order valence-corrected chi connectivity index (χ4v) is 2.57. The summed E-state index contributed by atoms with van der Waals surface area (Å²) in [6.07, 6.45) is -7.96. The molecule has 1 aliphatic carbocycles. The average Bonchev–Trinajstić information content (AvgIpc) is 3.26. The maximum atomic E-state index is 12.9. The number of amides is 1. The largest absolute Gasteiger partial charge is 0.435 e. The Morgan fingerprint density at radius 3 is 2.35 bits per heavy atom. The Morgan fingerprint density at radius 1 is 1.12 bits per heavy atom. The van der Waals surface area contributed by atoms with Crippen LogP contribution in [0.2, 0.25) is 0 Å². The molecule has 1 amide bonds. The molecule has 1 heterocycles. The van der Waals surface area contributed by atoms with Crippen LogP contribution in [0, 0.1) is 0 Å². The van der Waals surface area contributed by atoms with Gasteiger partial charge in [-0.25, -0.2) is 0 Å². The van der Waals surface area contributed by atoms with E-state index in [1.165, 1.54) is 12.1 Å². The van der Waals surface area contributed by atoms with E-state index >= 15 is 0 Å². The minimum absolute atomic E-state index is 0.117. The van der Waals surface area contributed by atoms with Crippen LogP contribution in [0.5, 0.6) is 0 Å². The molecule has 3 rings (SSSR count). The third-order valence-corrected chi connectivity index (χ3v) is 3.90. The number of carbonyl (C=O) groups is 1. The molecule has 1 N–H and O–H groups in total. The molecule has 0 bridgehead atoms. The Bertz CT molecular complexity index is 820. The topological polar surface area (TPSA) is 46.9 Å². The first kappa shape index (κ1) is 18.3. The van der Waals surface area contributed by atoms with Crippen LogP contribution >= 0.6 is 0 Å². The number of benzene rings is 1. The summed E-state index contributed by atoms with van der Waals surface area (Å²) in [6.45, 7) is -0.603. The second kappa shape index (κ2) is 6.33. The van der Waals surface area contributed by atoms with Crippen molar-refractivity contribution in [1.29, 1.82) is 0 Å². The second-order valence-corrected chi connectivity index (χ2v) is 5.98. The summed E-state index contributed by atoms with van der Waals surface area (Å²) in [5, 5.41) is 5.50. The number of hydrogen-bond acceptors (Lipinski definition) is 2. The molecular formula is C16H13F6N3O. The van der Waals surface area contributed by atoms with Crippen LogP contribution in [-0.2, 0) is 23.7 Å². The highest BCUT2D eigenvalue weighted by molar-refractivity contribution is 5.91. The van der Waals surface area contributed by atoms with Gasteiger partial charge in [0.15, 0.2) is 5.69 Å². The van der Waals surface area contributed by atoms with E-state index in [1.807, 2.05) is 0 Å². The van der Waals surface area contributed by atoms with Crippen LogP contribution in [0.4, 0.5) is 32.0 Å². The van der Waals surface area contributed by atoms with E-state index in [9.17, 15) is 31.1 Å². The van der Waals surface area contributed by atoms with Gasteiger partial charge in [-0.2, -0.15) is 31.4 Å². The Labute approximate surface area is 143 Å². The third kappa shape index (κ3) is 4.00. The van der Waals surface area contributed by atoms with Crippen LogP contribution in [0.3, 0.4) is 0 Å². The lowest BCUT2D eigenvalue weighted by Gasteiger charge is -2.14. The Balaban J connectivity index is 1.80. The molecule has 4 nitrogen and oxygen atoms in total. The van der Waals surface area contributed by atoms with Crippen LogP contribution in [0.15, 0.2) is 30.3 Å². The van der Waals surface area contributed by atoms with Gasteiger partial charge in [-0.05, 0) is 31.0 Å². The van der Waals surface area contributed by atoms with E-state index in [2.05, 4.69) is 10.4 Å². The number of rotatable bonds is 4. The first-order valence-electron chi connectivity index (χ1n) is 7.66. The molecule has 26 heavy (non-hydrogen) atoms. The molecule has 1 aliphatic rings. The van der Waals surface area contributed by atoms with Crippen molar-refractivity contribution in [3.8, 4) is 0 Å². The van der Waals surface area contributed by atoms with Crippen molar-refractivity contribution in [2.45, 2.75) is 37.7 Å². The summed E-state index contributed by atoms with van der Waals surface area (Å²) < 4.78 is 78.2. The molecule has 2 aromatic rings. The molecule has 1 aromatic carbocycles. The van der Waals surface area contributed by atoms with Crippen molar-refractivity contribution in [2.24, 2.45) is 0 Å². The van der Waals surface area contributed by atoms with Crippen LogP contribution < -0.4 is 5.32 Å². The van der Waals surface area contributed by atoms with Crippen molar-refractivity contribution >= 4 is 11.6 Å². The molecule has 140 valence electrons. The first-order chi connectivity index (χ1) is 12.1. The van der Waals surface area contributed by atoms with E-state index in [0.29, 0.717) is 12.8 Å². The highest BCUT2D eigenvalue weighted by atomic mass is 19.4. The Morgan fingerprint density at radius 2 is 1.77 bits per heavy atom. The molecule has 0 unspecified atom stereocenters. The zero-order valence-corrected chi connectivity index (χ0v) is 13.2. The SMILES string of the molecule is O=C(Cn1nc(C(F)(F)F)cc1C1CC1)Nc1ccccc1C(F)(F)F. The normalized spacial score (nSPS) is 15.2. The van der Waals surface area contributed by atoms with Crippen molar-refractivity contribution in [3.63, 3.8) is 0 Å². The fourth-order valence-electron chi connectivity index (χ4n) is 2.57. The lowest BCUT2D eigenvalue weighted by Crippen LogP contribution is -2.23. The first-order valence-corrected chi connectivity index (χ1v) is 7.66. The molecule has 0 saturated heterocycles. The highest BCUT2D eigenvalue weighted by Gasteiger charge is 2.38. The predicted molar refractivity (Wildman–Crippen MR) is 79.3 cm³/mol. The number of nitrogens with one attached hydrogen (secondary N) is 1. The minimum Gasteiger partial charge on any atom is -0.324 e. The van der Waals surface area contributed by atoms with E-state index < -0.39 is 41.7 Å². The van der Waals surface area contributed by atoms with E-state index in [4.69, 9.17) is 0 Å². The summed E-state index contributed by atoms with van der Waals surface area (Å²) in [6, 6.07) is 5.26. The van der Waals surface area contributed by atoms with Gasteiger partial charge in [-0.15, -0.1) is 0 Å². The number of halogens is 6. The zero-order valence-electron chi connectivity index (χ0n) is 13.2. The molecule has 0 atom stereocenters. The fraction of sp³-hybridized carbons (Fsp3) is 0.375. The van der Waals surface area contributed by atoms with Gasteiger partial charge in [0.25, 0.3) is 0 Å². The molecular weight excluding hydrogens is 364 g/mol. The van der Waals surface area contributed by atoms with Crippen LogP contribution in [0.25, 0.3) is 0 Å². The van der Waals surface area contributed by atoms with Gasteiger partial charge in [0.05, 0.1) is 11.3 Å². The monoisotopic (exact) mass is 377 g/mol. The van der Waals surface area contributed by atoms with Crippen LogP contribution in [-0.4, -0.2) is 15.7 Å². The number of aromatic nitrogens is 2. The van der Waals surface area contributed by atoms with Crippen molar-refractivity contribution in [1.82, 2.24) is 9.78 Å². The lowest BCUT2D eigenvalue weighted by molar-refractivity contribution is -0.141. The maximum absolute atomic E-state index is 12.9. The highest BCUT2D eigenvalue weighted by Crippen LogP contribution is 2.42. The number of para-hydroxylation sites is 1. The van der Waals surface area contributed by atoms with Crippen LogP contribution in [0.1, 0.15) is 35.7 Å². The van der Waals surface area contributed by atoms with Gasteiger partial charge in [0.1, 0.15) is 6.54 Å². The minimum atomic E-state index is -4.67. The van der Waals surface area contributed by atoms with Gasteiger partial charge in [0, 0.05) is 11.6 Å². The molecule has 1 saturated carbocycles. The average molecular weight is 377 g/mol. The molecule has 0 radical (unpaired) electrons. The standard InChI is InChI=1S/C16H13F6N3O/c17-15(18,19)10-3-1-2-4-11(10)23-14(26)8-25-12(9-5-6-9)7-13(24-25)16(20,21)22/h1-4,7,9H,5-6,8H2,(H,23,26). The summed E-state index contributed by atoms with van der Waals surface area (Å²) in [7, 11) is 0. The zero-order chi connectivity index (χ0) is 19.1. The summed E-state index contributed by atoms with van der Waals surface area (Å²) in [4.78, 5) is 12.1. The van der Waals surface area contributed by atoms with Gasteiger partial charge in [-0.3, -0.25) is 9.48 Å². The molecule has 0 aliphatic heterocycles. The van der Waals surface area contributed by atoms with Gasteiger partial charge >= 0.3 is 12.4 Å². The number of alkyl halides is 6.